The second-order valence-electron chi connectivity index (χ2n) is 9.83. The standard InChI is InChI=1S/C30H30N8S/c1-15-9-17(3)25(18(4)10-15)33-28-23(13-31)21(7)27(36-37-30-24(14-32)22(8)38-39-30)29(35-28)34-26-19(5)11-16(2)12-20(26)6/h9-12H,1-8H3,(H2,33,34,35). The third-order valence-electron chi connectivity index (χ3n) is 6.56. The van der Waals surface area contributed by atoms with Crippen molar-refractivity contribution < 1.29 is 0 Å². The number of hydrogen-bond acceptors (Lipinski definition) is 9. The molecule has 2 heterocycles. The zero-order valence-corrected chi connectivity index (χ0v) is 24.2. The molecule has 0 bridgehead atoms. The highest BCUT2D eigenvalue weighted by atomic mass is 32.1. The quantitative estimate of drug-likeness (QED) is 0.239. The predicted molar refractivity (Wildman–Crippen MR) is 157 cm³/mol. The summed E-state index contributed by atoms with van der Waals surface area (Å²) in [5.74, 6) is 0.884. The van der Waals surface area contributed by atoms with Gasteiger partial charge in [0.05, 0.1) is 11.3 Å². The maximum absolute atomic E-state index is 10.2. The first-order valence-corrected chi connectivity index (χ1v) is 13.2. The third kappa shape index (κ3) is 5.50. The summed E-state index contributed by atoms with van der Waals surface area (Å²) in [5.41, 5.74) is 10.8. The number of nitrogens with one attached hydrogen (secondary N) is 2. The number of aryl methyl sites for hydroxylation is 7. The third-order valence-corrected chi connectivity index (χ3v) is 7.39. The number of nitriles is 2. The van der Waals surface area contributed by atoms with Gasteiger partial charge in [0.1, 0.15) is 23.4 Å². The summed E-state index contributed by atoms with van der Waals surface area (Å²) in [6, 6.07) is 12.8. The van der Waals surface area contributed by atoms with Crippen LogP contribution in [0.25, 0.3) is 0 Å². The van der Waals surface area contributed by atoms with Gasteiger partial charge in [-0.05, 0) is 89.2 Å². The first-order chi connectivity index (χ1) is 18.5. The average molecular weight is 535 g/mol. The highest BCUT2D eigenvalue weighted by Crippen LogP contribution is 2.40. The summed E-state index contributed by atoms with van der Waals surface area (Å²) < 4.78 is 4.23. The van der Waals surface area contributed by atoms with Crippen molar-refractivity contribution >= 4 is 45.2 Å². The van der Waals surface area contributed by atoms with Crippen LogP contribution in [0.5, 0.6) is 0 Å². The predicted octanol–water partition coefficient (Wildman–Crippen LogP) is 8.65. The molecule has 0 saturated heterocycles. The van der Waals surface area contributed by atoms with Gasteiger partial charge >= 0.3 is 0 Å². The number of pyridine rings is 1. The minimum absolute atomic E-state index is 0.368. The topological polar surface area (TPSA) is 122 Å². The SMILES string of the molecule is Cc1cc(C)c(Nc2nc(Nc3c(C)cc(C)cc3C)c(N=Nc3snc(C)c3C#N)c(C)c2C#N)c(C)c1. The molecule has 0 aliphatic carbocycles. The summed E-state index contributed by atoms with van der Waals surface area (Å²) in [6.07, 6.45) is 0. The molecule has 0 amide bonds. The van der Waals surface area contributed by atoms with Crippen LogP contribution < -0.4 is 10.6 Å². The highest BCUT2D eigenvalue weighted by Gasteiger charge is 2.21. The van der Waals surface area contributed by atoms with Crippen LogP contribution in [0, 0.1) is 78.1 Å². The molecule has 4 aromatic rings. The van der Waals surface area contributed by atoms with Crippen LogP contribution >= 0.6 is 11.5 Å². The van der Waals surface area contributed by atoms with E-state index in [0.717, 1.165) is 50.7 Å². The maximum Gasteiger partial charge on any atom is 0.176 e. The van der Waals surface area contributed by atoms with E-state index in [1.165, 1.54) is 5.56 Å². The van der Waals surface area contributed by atoms with Crippen molar-refractivity contribution in [1.82, 2.24) is 9.36 Å². The monoisotopic (exact) mass is 534 g/mol. The minimum Gasteiger partial charge on any atom is -0.339 e. The lowest BCUT2D eigenvalue weighted by atomic mass is 10.0. The summed E-state index contributed by atoms with van der Waals surface area (Å²) in [7, 11) is 0. The molecule has 0 saturated carbocycles. The molecule has 9 heteroatoms. The van der Waals surface area contributed by atoms with Crippen molar-refractivity contribution in [2.24, 2.45) is 10.2 Å². The van der Waals surface area contributed by atoms with Gasteiger partial charge in [0.2, 0.25) is 0 Å². The number of anilines is 4. The molecular weight excluding hydrogens is 504 g/mol. The van der Waals surface area contributed by atoms with E-state index in [4.69, 9.17) is 4.98 Å². The smallest absolute Gasteiger partial charge is 0.176 e. The van der Waals surface area contributed by atoms with E-state index in [9.17, 15) is 10.5 Å². The number of aromatic nitrogens is 2. The molecule has 0 spiro atoms. The Hall–Kier alpha value is -4.60. The van der Waals surface area contributed by atoms with Gasteiger partial charge in [-0.15, -0.1) is 10.2 Å². The van der Waals surface area contributed by atoms with Crippen molar-refractivity contribution in [1.29, 1.82) is 10.5 Å². The van der Waals surface area contributed by atoms with Crippen molar-refractivity contribution in [2.75, 3.05) is 10.6 Å². The number of benzene rings is 2. The molecule has 0 aliphatic rings. The molecule has 0 atom stereocenters. The lowest BCUT2D eigenvalue weighted by Crippen LogP contribution is -2.07. The number of nitrogens with zero attached hydrogens (tertiary/aromatic N) is 6. The van der Waals surface area contributed by atoms with Crippen molar-refractivity contribution in [2.45, 2.75) is 55.4 Å². The summed E-state index contributed by atoms with van der Waals surface area (Å²) >= 11 is 1.11. The average Bonchev–Trinajstić information content (AvgIpc) is 3.22. The van der Waals surface area contributed by atoms with Gasteiger partial charge in [-0.1, -0.05) is 35.4 Å². The van der Waals surface area contributed by atoms with E-state index in [-0.39, 0.29) is 0 Å². The Balaban J connectivity index is 1.92. The summed E-state index contributed by atoms with van der Waals surface area (Å²) in [6.45, 7) is 15.9. The van der Waals surface area contributed by atoms with Crippen LogP contribution in [-0.4, -0.2) is 9.36 Å². The molecule has 2 aromatic carbocycles. The van der Waals surface area contributed by atoms with Crippen LogP contribution in [0.2, 0.25) is 0 Å². The molecule has 0 fully saturated rings. The van der Waals surface area contributed by atoms with Crippen LogP contribution in [0.4, 0.5) is 33.7 Å². The van der Waals surface area contributed by atoms with E-state index >= 15 is 0 Å². The van der Waals surface area contributed by atoms with Gasteiger partial charge in [0, 0.05) is 16.9 Å². The second kappa shape index (κ2) is 11.0. The van der Waals surface area contributed by atoms with Crippen LogP contribution in [0.3, 0.4) is 0 Å². The summed E-state index contributed by atoms with van der Waals surface area (Å²) in [5, 5.41) is 35.9. The molecule has 8 nitrogen and oxygen atoms in total. The normalized spacial score (nSPS) is 10.9. The van der Waals surface area contributed by atoms with Gasteiger partial charge in [-0.3, -0.25) is 0 Å². The fourth-order valence-electron chi connectivity index (χ4n) is 4.77. The van der Waals surface area contributed by atoms with Crippen molar-refractivity contribution in [3.8, 4) is 12.1 Å². The Morgan fingerprint density at radius 1 is 0.692 bits per heavy atom. The second-order valence-corrected chi connectivity index (χ2v) is 10.6. The first-order valence-electron chi connectivity index (χ1n) is 12.5. The molecule has 4 rings (SSSR count). The lowest BCUT2D eigenvalue weighted by Gasteiger charge is -2.19. The molecule has 2 N–H and O–H groups in total. The largest absolute Gasteiger partial charge is 0.339 e. The Labute approximate surface area is 233 Å². The molecule has 0 radical (unpaired) electrons. The first kappa shape index (κ1) is 27.4. The maximum atomic E-state index is 10.2. The summed E-state index contributed by atoms with van der Waals surface area (Å²) in [4.78, 5) is 4.89. The van der Waals surface area contributed by atoms with E-state index in [1.807, 2.05) is 34.6 Å². The Morgan fingerprint density at radius 2 is 1.18 bits per heavy atom. The number of hydrogen-bond donors (Lipinski definition) is 2. The molecule has 2 aromatic heterocycles. The van der Waals surface area contributed by atoms with Crippen LogP contribution in [0.15, 0.2) is 34.5 Å². The molecule has 0 aliphatic heterocycles. The van der Waals surface area contributed by atoms with Gasteiger partial charge in [0.15, 0.2) is 16.6 Å². The number of azo groups is 1. The van der Waals surface area contributed by atoms with E-state index in [0.29, 0.717) is 44.7 Å². The van der Waals surface area contributed by atoms with Crippen molar-refractivity contribution in [3.63, 3.8) is 0 Å². The number of rotatable bonds is 6. The van der Waals surface area contributed by atoms with Crippen LogP contribution in [0.1, 0.15) is 55.8 Å². The Kier molecular flexibility index (Phi) is 7.75. The Bertz CT molecular complexity index is 1670. The highest BCUT2D eigenvalue weighted by molar-refractivity contribution is 7.10. The zero-order valence-electron chi connectivity index (χ0n) is 23.4. The van der Waals surface area contributed by atoms with Crippen LogP contribution in [-0.2, 0) is 0 Å². The molecule has 39 heavy (non-hydrogen) atoms. The molecule has 0 unspecified atom stereocenters. The Morgan fingerprint density at radius 3 is 1.67 bits per heavy atom. The fourth-order valence-corrected chi connectivity index (χ4v) is 5.45. The lowest BCUT2D eigenvalue weighted by molar-refractivity contribution is 1.16. The van der Waals surface area contributed by atoms with E-state index < -0.39 is 0 Å². The molecular formula is C30H30N8S. The van der Waals surface area contributed by atoms with E-state index in [2.05, 4.69) is 75.5 Å². The van der Waals surface area contributed by atoms with Gasteiger partial charge < -0.3 is 10.6 Å². The van der Waals surface area contributed by atoms with Crippen molar-refractivity contribution in [3.05, 3.63) is 80.0 Å². The van der Waals surface area contributed by atoms with Gasteiger partial charge in [-0.25, -0.2) is 4.98 Å². The van der Waals surface area contributed by atoms with E-state index in [1.54, 1.807) is 6.92 Å². The van der Waals surface area contributed by atoms with Gasteiger partial charge in [-0.2, -0.15) is 14.9 Å². The van der Waals surface area contributed by atoms with Gasteiger partial charge in [0.25, 0.3) is 0 Å². The zero-order chi connectivity index (χ0) is 28.4. The minimum atomic E-state index is 0.368. The fraction of sp³-hybridized carbons (Fsp3) is 0.267. The molecule has 196 valence electrons.